The second kappa shape index (κ2) is 8.83. The highest BCUT2D eigenvalue weighted by molar-refractivity contribution is 7.09. The molecule has 21 heavy (non-hydrogen) atoms. The Bertz CT molecular complexity index is 401. The number of aryl methyl sites for hydroxylation is 1. The van der Waals surface area contributed by atoms with Crippen LogP contribution in [0.3, 0.4) is 0 Å². The minimum Gasteiger partial charge on any atom is -0.389 e. The molecule has 1 rings (SSSR count). The molecule has 1 aromatic heterocycles. The first-order valence-electron chi connectivity index (χ1n) is 7.66. The average Bonchev–Trinajstić information content (AvgIpc) is 2.79. The Hall–Kier alpha value is -0.490. The lowest BCUT2D eigenvalue weighted by Gasteiger charge is -2.27. The van der Waals surface area contributed by atoms with Crippen molar-refractivity contribution in [1.82, 2.24) is 10.3 Å². The molecule has 5 heteroatoms. The van der Waals surface area contributed by atoms with Crippen LogP contribution in [-0.2, 0) is 11.2 Å². The summed E-state index contributed by atoms with van der Waals surface area (Å²) >= 11 is 1.66. The van der Waals surface area contributed by atoms with Crippen LogP contribution in [0.25, 0.3) is 0 Å². The Balaban J connectivity index is 2.06. The van der Waals surface area contributed by atoms with Crippen LogP contribution in [0.2, 0.25) is 0 Å². The molecule has 1 heterocycles. The minimum atomic E-state index is -0.445. The Kier molecular flexibility index (Phi) is 7.81. The van der Waals surface area contributed by atoms with E-state index in [9.17, 15) is 5.11 Å². The van der Waals surface area contributed by atoms with E-state index >= 15 is 0 Å². The summed E-state index contributed by atoms with van der Waals surface area (Å²) < 4.78 is 5.54. The molecule has 0 saturated carbocycles. The highest BCUT2D eigenvalue weighted by atomic mass is 32.1. The van der Waals surface area contributed by atoms with Crippen LogP contribution in [0.1, 0.15) is 38.3 Å². The van der Waals surface area contributed by atoms with Crippen molar-refractivity contribution in [2.24, 2.45) is 11.3 Å². The Morgan fingerprint density at radius 3 is 2.67 bits per heavy atom. The maximum Gasteiger partial charge on any atom is 0.0897 e. The SMILES string of the molecule is Cc1ncsc1CCOCC(O)CNCC(C)C(C)(C)C. The van der Waals surface area contributed by atoms with Gasteiger partial charge in [0, 0.05) is 17.8 Å². The Morgan fingerprint density at radius 2 is 2.10 bits per heavy atom. The fourth-order valence-corrected chi connectivity index (χ4v) is 2.54. The first-order chi connectivity index (χ1) is 9.80. The standard InChI is InChI=1S/C16H30N2O2S/c1-12(16(3,4)5)8-17-9-14(19)10-20-7-6-15-13(2)18-11-21-15/h11-12,14,17,19H,6-10H2,1-5H3. The van der Waals surface area contributed by atoms with E-state index in [2.05, 4.69) is 38.0 Å². The van der Waals surface area contributed by atoms with E-state index in [-0.39, 0.29) is 0 Å². The molecule has 2 unspecified atom stereocenters. The molecule has 0 aliphatic rings. The van der Waals surface area contributed by atoms with Gasteiger partial charge in [0.25, 0.3) is 0 Å². The number of hydrogen-bond acceptors (Lipinski definition) is 5. The van der Waals surface area contributed by atoms with Crippen molar-refractivity contribution in [2.45, 2.75) is 47.1 Å². The van der Waals surface area contributed by atoms with Gasteiger partial charge >= 0.3 is 0 Å². The first-order valence-corrected chi connectivity index (χ1v) is 8.54. The quantitative estimate of drug-likeness (QED) is 0.688. The molecule has 0 aliphatic carbocycles. The third kappa shape index (κ3) is 7.36. The molecule has 4 nitrogen and oxygen atoms in total. The van der Waals surface area contributed by atoms with Crippen LogP contribution in [0.15, 0.2) is 5.51 Å². The minimum absolute atomic E-state index is 0.293. The summed E-state index contributed by atoms with van der Waals surface area (Å²) in [6.45, 7) is 13.5. The van der Waals surface area contributed by atoms with Crippen LogP contribution in [0.4, 0.5) is 0 Å². The van der Waals surface area contributed by atoms with Crippen molar-refractivity contribution in [2.75, 3.05) is 26.3 Å². The summed E-state index contributed by atoms with van der Waals surface area (Å²) in [5, 5.41) is 13.2. The number of aliphatic hydroxyl groups is 1. The second-order valence-electron chi connectivity index (χ2n) is 6.77. The summed E-state index contributed by atoms with van der Waals surface area (Å²) in [6.07, 6.45) is 0.428. The molecule has 0 spiro atoms. The molecule has 0 amide bonds. The number of nitrogens with zero attached hydrogens (tertiary/aromatic N) is 1. The Morgan fingerprint density at radius 1 is 1.38 bits per heavy atom. The van der Waals surface area contributed by atoms with Crippen LogP contribution in [-0.4, -0.2) is 42.5 Å². The highest BCUT2D eigenvalue weighted by Gasteiger charge is 2.19. The van der Waals surface area contributed by atoms with Crippen LogP contribution in [0, 0.1) is 18.3 Å². The smallest absolute Gasteiger partial charge is 0.0897 e. The van der Waals surface area contributed by atoms with Gasteiger partial charge in [0.2, 0.25) is 0 Å². The number of ether oxygens (including phenoxy) is 1. The average molecular weight is 314 g/mol. The van der Waals surface area contributed by atoms with Gasteiger partial charge in [-0.2, -0.15) is 0 Å². The topological polar surface area (TPSA) is 54.4 Å². The molecule has 122 valence electrons. The molecule has 0 radical (unpaired) electrons. The molecule has 0 fully saturated rings. The summed E-state index contributed by atoms with van der Waals surface area (Å²) in [5.41, 5.74) is 3.24. The zero-order chi connectivity index (χ0) is 15.9. The summed E-state index contributed by atoms with van der Waals surface area (Å²) in [7, 11) is 0. The van der Waals surface area contributed by atoms with Crippen LogP contribution >= 0.6 is 11.3 Å². The largest absolute Gasteiger partial charge is 0.389 e. The predicted molar refractivity (Wildman–Crippen MR) is 88.9 cm³/mol. The summed E-state index contributed by atoms with van der Waals surface area (Å²) in [6, 6.07) is 0. The van der Waals surface area contributed by atoms with Crippen molar-refractivity contribution in [3.63, 3.8) is 0 Å². The van der Waals surface area contributed by atoms with E-state index in [4.69, 9.17) is 4.74 Å². The van der Waals surface area contributed by atoms with Gasteiger partial charge in [0.15, 0.2) is 0 Å². The molecule has 1 aromatic rings. The van der Waals surface area contributed by atoms with Crippen molar-refractivity contribution < 1.29 is 9.84 Å². The third-order valence-corrected chi connectivity index (χ3v) is 4.93. The highest BCUT2D eigenvalue weighted by Crippen LogP contribution is 2.24. The fourth-order valence-electron chi connectivity index (χ4n) is 1.78. The Labute approximate surface area is 132 Å². The normalized spacial score (nSPS) is 15.1. The molecule has 2 atom stereocenters. The van der Waals surface area contributed by atoms with Gasteiger partial charge in [-0.3, -0.25) is 0 Å². The van der Waals surface area contributed by atoms with Gasteiger partial charge in [0.05, 0.1) is 30.5 Å². The molecular weight excluding hydrogens is 284 g/mol. The maximum atomic E-state index is 9.88. The summed E-state index contributed by atoms with van der Waals surface area (Å²) in [4.78, 5) is 5.48. The van der Waals surface area contributed by atoms with Gasteiger partial charge in [-0.1, -0.05) is 27.7 Å². The molecular formula is C16H30N2O2S. The van der Waals surface area contributed by atoms with Crippen molar-refractivity contribution in [3.8, 4) is 0 Å². The molecule has 0 aromatic carbocycles. The number of aliphatic hydroxyl groups excluding tert-OH is 1. The lowest BCUT2D eigenvalue weighted by molar-refractivity contribution is 0.0375. The van der Waals surface area contributed by atoms with Gasteiger partial charge < -0.3 is 15.2 Å². The fraction of sp³-hybridized carbons (Fsp3) is 0.812. The van der Waals surface area contributed by atoms with Crippen molar-refractivity contribution >= 4 is 11.3 Å². The molecule has 0 bridgehead atoms. The van der Waals surface area contributed by atoms with Gasteiger partial charge in [0.1, 0.15) is 0 Å². The number of nitrogens with one attached hydrogen (secondary N) is 1. The van der Waals surface area contributed by atoms with E-state index in [0.29, 0.717) is 31.1 Å². The molecule has 2 N–H and O–H groups in total. The zero-order valence-corrected chi connectivity index (χ0v) is 14.8. The predicted octanol–water partition coefficient (Wildman–Crippen LogP) is 2.64. The molecule has 0 saturated heterocycles. The number of rotatable bonds is 9. The lowest BCUT2D eigenvalue weighted by atomic mass is 9.82. The van der Waals surface area contributed by atoms with Gasteiger partial charge in [-0.25, -0.2) is 4.98 Å². The number of thiazole rings is 1. The van der Waals surface area contributed by atoms with Crippen molar-refractivity contribution in [3.05, 3.63) is 16.1 Å². The summed E-state index contributed by atoms with van der Waals surface area (Å²) in [5.74, 6) is 0.569. The van der Waals surface area contributed by atoms with Gasteiger partial charge in [-0.15, -0.1) is 11.3 Å². The number of aromatic nitrogens is 1. The lowest BCUT2D eigenvalue weighted by Crippen LogP contribution is -2.36. The monoisotopic (exact) mass is 314 g/mol. The van der Waals surface area contributed by atoms with E-state index in [1.165, 1.54) is 4.88 Å². The number of hydrogen-bond donors (Lipinski definition) is 2. The van der Waals surface area contributed by atoms with Crippen molar-refractivity contribution in [1.29, 1.82) is 0 Å². The van der Waals surface area contributed by atoms with E-state index in [0.717, 1.165) is 18.7 Å². The van der Waals surface area contributed by atoms with E-state index in [1.54, 1.807) is 11.3 Å². The zero-order valence-electron chi connectivity index (χ0n) is 14.0. The second-order valence-corrected chi connectivity index (χ2v) is 7.70. The molecule has 0 aliphatic heterocycles. The van der Waals surface area contributed by atoms with Crippen LogP contribution < -0.4 is 5.32 Å². The van der Waals surface area contributed by atoms with Gasteiger partial charge in [-0.05, 0) is 24.8 Å². The third-order valence-electron chi connectivity index (χ3n) is 3.94. The van der Waals surface area contributed by atoms with E-state index in [1.807, 2.05) is 12.4 Å². The maximum absolute atomic E-state index is 9.88. The first kappa shape index (κ1) is 18.6. The van der Waals surface area contributed by atoms with E-state index < -0.39 is 6.10 Å². The van der Waals surface area contributed by atoms with Crippen LogP contribution in [0.5, 0.6) is 0 Å².